The number of nitrogens with zero attached hydrogens (tertiary/aromatic N) is 4. The predicted octanol–water partition coefficient (Wildman–Crippen LogP) is 12.6. The number of para-hydroxylation sites is 1. The standard InChI is InChI=1S/C48H32N4S/c1-48(2)38-21-11-9-18-32(38)35-28-41-36(27-39(35)48)33-19-10-12-22-40(33)52(41)31-24-25-42-37(26-31)44-34(20-13-23-43(44)53-42)47-50-45(29-14-5-3-6-15-29)49-46(51-47)30-16-7-4-8-17-30/h3-28H,1-2H3. The monoisotopic (exact) mass is 696 g/mol. The van der Waals surface area contributed by atoms with Crippen molar-refractivity contribution in [3.8, 4) is 51.0 Å². The molecule has 0 fully saturated rings. The summed E-state index contributed by atoms with van der Waals surface area (Å²) in [5, 5.41) is 4.90. The zero-order valence-corrected chi connectivity index (χ0v) is 30.0. The van der Waals surface area contributed by atoms with Crippen LogP contribution < -0.4 is 0 Å². The fourth-order valence-corrected chi connectivity index (χ4v) is 9.62. The van der Waals surface area contributed by atoms with E-state index in [2.05, 4.69) is 140 Å². The Hall–Kier alpha value is -6.43. The number of rotatable bonds is 4. The average molecular weight is 697 g/mol. The molecular formula is C48H32N4S. The fourth-order valence-electron chi connectivity index (χ4n) is 8.51. The van der Waals surface area contributed by atoms with Crippen LogP contribution >= 0.6 is 11.3 Å². The first kappa shape index (κ1) is 30.2. The van der Waals surface area contributed by atoms with Crippen molar-refractivity contribution >= 4 is 53.3 Å². The quantitative estimate of drug-likeness (QED) is 0.184. The third-order valence-corrected chi connectivity index (χ3v) is 12.2. The summed E-state index contributed by atoms with van der Waals surface area (Å²) >= 11 is 1.81. The van der Waals surface area contributed by atoms with Crippen molar-refractivity contribution in [3.63, 3.8) is 0 Å². The molecule has 0 aliphatic heterocycles. The van der Waals surface area contributed by atoms with Gasteiger partial charge in [-0.15, -0.1) is 11.3 Å². The highest BCUT2D eigenvalue weighted by molar-refractivity contribution is 7.26. The molecule has 53 heavy (non-hydrogen) atoms. The Morgan fingerprint density at radius 2 is 1.11 bits per heavy atom. The van der Waals surface area contributed by atoms with Crippen LogP contribution in [0.5, 0.6) is 0 Å². The summed E-state index contributed by atoms with van der Waals surface area (Å²) in [5.74, 6) is 1.99. The number of thiophene rings is 1. The van der Waals surface area contributed by atoms with Gasteiger partial charge < -0.3 is 4.57 Å². The second kappa shape index (κ2) is 11.3. The fraction of sp³-hybridized carbons (Fsp3) is 0.0625. The lowest BCUT2D eigenvalue weighted by atomic mass is 9.82. The van der Waals surface area contributed by atoms with Crippen LogP contribution in [-0.2, 0) is 5.41 Å². The number of hydrogen-bond donors (Lipinski definition) is 0. The van der Waals surface area contributed by atoms with Crippen LogP contribution in [0.25, 0.3) is 93.0 Å². The Kier molecular flexibility index (Phi) is 6.43. The molecule has 0 saturated heterocycles. The molecule has 0 amide bonds. The van der Waals surface area contributed by atoms with Crippen molar-refractivity contribution in [3.05, 3.63) is 169 Å². The van der Waals surface area contributed by atoms with Crippen LogP contribution in [0, 0.1) is 0 Å². The topological polar surface area (TPSA) is 43.6 Å². The lowest BCUT2D eigenvalue weighted by Gasteiger charge is -2.21. The van der Waals surface area contributed by atoms with Gasteiger partial charge in [-0.3, -0.25) is 0 Å². The van der Waals surface area contributed by atoms with E-state index in [4.69, 9.17) is 15.0 Å². The van der Waals surface area contributed by atoms with Crippen LogP contribution in [0.4, 0.5) is 0 Å². The van der Waals surface area contributed by atoms with Gasteiger partial charge in [-0.25, -0.2) is 15.0 Å². The smallest absolute Gasteiger partial charge is 0.164 e. The van der Waals surface area contributed by atoms with E-state index in [-0.39, 0.29) is 5.41 Å². The molecule has 0 N–H and O–H groups in total. The van der Waals surface area contributed by atoms with Gasteiger partial charge in [0.25, 0.3) is 0 Å². The third-order valence-electron chi connectivity index (χ3n) is 11.1. The maximum absolute atomic E-state index is 5.13. The third kappa shape index (κ3) is 4.51. The summed E-state index contributed by atoms with van der Waals surface area (Å²) in [6.45, 7) is 4.71. The highest BCUT2D eigenvalue weighted by atomic mass is 32.1. The second-order valence-electron chi connectivity index (χ2n) is 14.4. The van der Waals surface area contributed by atoms with E-state index in [1.807, 2.05) is 47.7 Å². The lowest BCUT2D eigenvalue weighted by Crippen LogP contribution is -2.14. The van der Waals surface area contributed by atoms with Crippen molar-refractivity contribution in [1.29, 1.82) is 0 Å². The molecule has 10 aromatic rings. The maximum Gasteiger partial charge on any atom is 0.164 e. The minimum Gasteiger partial charge on any atom is -0.309 e. The molecular weight excluding hydrogens is 665 g/mol. The van der Waals surface area contributed by atoms with E-state index in [1.54, 1.807) is 0 Å². The lowest BCUT2D eigenvalue weighted by molar-refractivity contribution is 0.661. The minimum atomic E-state index is -0.0655. The number of aromatic nitrogens is 4. The Bertz CT molecular complexity index is 3020. The summed E-state index contributed by atoms with van der Waals surface area (Å²) < 4.78 is 4.89. The molecule has 1 aliphatic carbocycles. The van der Waals surface area contributed by atoms with Crippen molar-refractivity contribution < 1.29 is 0 Å². The van der Waals surface area contributed by atoms with E-state index in [0.717, 1.165) is 27.8 Å². The highest BCUT2D eigenvalue weighted by Crippen LogP contribution is 2.51. The van der Waals surface area contributed by atoms with Gasteiger partial charge in [0.05, 0.1) is 11.0 Å². The Balaban J connectivity index is 1.16. The van der Waals surface area contributed by atoms with Crippen molar-refractivity contribution in [2.24, 2.45) is 0 Å². The zero-order chi connectivity index (χ0) is 35.3. The van der Waals surface area contributed by atoms with Crippen LogP contribution in [0.15, 0.2) is 158 Å². The van der Waals surface area contributed by atoms with Gasteiger partial charge >= 0.3 is 0 Å². The summed E-state index contributed by atoms with van der Waals surface area (Å²) in [6, 6.07) is 56.4. The molecule has 250 valence electrons. The van der Waals surface area contributed by atoms with Gasteiger partial charge in [-0.2, -0.15) is 0 Å². The molecule has 11 rings (SSSR count). The van der Waals surface area contributed by atoms with Crippen LogP contribution in [-0.4, -0.2) is 19.5 Å². The normalized spacial score (nSPS) is 13.2. The van der Waals surface area contributed by atoms with Gasteiger partial charge in [-0.1, -0.05) is 129 Å². The van der Waals surface area contributed by atoms with E-state index >= 15 is 0 Å². The Morgan fingerprint density at radius 3 is 1.89 bits per heavy atom. The van der Waals surface area contributed by atoms with Crippen LogP contribution in [0.1, 0.15) is 25.0 Å². The Labute approximate surface area is 310 Å². The van der Waals surface area contributed by atoms with Gasteiger partial charge in [0.15, 0.2) is 17.5 Å². The molecule has 0 bridgehead atoms. The summed E-state index contributed by atoms with van der Waals surface area (Å²) in [7, 11) is 0. The molecule has 3 aromatic heterocycles. The molecule has 0 radical (unpaired) electrons. The van der Waals surface area contributed by atoms with Crippen molar-refractivity contribution in [2.75, 3.05) is 0 Å². The first-order valence-electron chi connectivity index (χ1n) is 18.0. The summed E-state index contributed by atoms with van der Waals surface area (Å²) in [5.41, 5.74) is 11.8. The van der Waals surface area contributed by atoms with E-state index < -0.39 is 0 Å². The van der Waals surface area contributed by atoms with E-state index in [0.29, 0.717) is 17.5 Å². The average Bonchev–Trinajstić information content (AvgIpc) is 3.82. The molecule has 0 saturated carbocycles. The molecule has 0 unspecified atom stereocenters. The van der Waals surface area contributed by atoms with Crippen molar-refractivity contribution in [1.82, 2.24) is 19.5 Å². The number of benzene rings is 7. The van der Waals surface area contributed by atoms with Crippen molar-refractivity contribution in [2.45, 2.75) is 19.3 Å². The summed E-state index contributed by atoms with van der Waals surface area (Å²) in [6.07, 6.45) is 0. The molecule has 0 atom stereocenters. The molecule has 4 nitrogen and oxygen atoms in total. The minimum absolute atomic E-state index is 0.0655. The van der Waals surface area contributed by atoms with Crippen LogP contribution in [0.3, 0.4) is 0 Å². The van der Waals surface area contributed by atoms with Gasteiger partial charge in [-0.05, 0) is 64.7 Å². The predicted molar refractivity (Wildman–Crippen MR) is 221 cm³/mol. The van der Waals surface area contributed by atoms with Gasteiger partial charge in [0.2, 0.25) is 0 Å². The number of fused-ring (bicyclic) bond motifs is 9. The molecule has 3 heterocycles. The molecule has 0 spiro atoms. The first-order chi connectivity index (χ1) is 26.0. The second-order valence-corrected chi connectivity index (χ2v) is 15.5. The van der Waals surface area contributed by atoms with Gasteiger partial charge in [0, 0.05) is 58.7 Å². The summed E-state index contributed by atoms with van der Waals surface area (Å²) in [4.78, 5) is 15.2. The Morgan fingerprint density at radius 1 is 0.453 bits per heavy atom. The molecule has 7 aromatic carbocycles. The largest absolute Gasteiger partial charge is 0.309 e. The van der Waals surface area contributed by atoms with E-state index in [9.17, 15) is 0 Å². The SMILES string of the molecule is CC1(C)c2ccccc2-c2cc3c(cc21)c1ccccc1n3-c1ccc2sc3cccc(-c4nc(-c5ccccc5)nc(-c5ccccc5)n4)c3c2c1. The molecule has 1 aliphatic rings. The first-order valence-corrected chi connectivity index (χ1v) is 18.9. The maximum atomic E-state index is 5.13. The highest BCUT2D eigenvalue weighted by Gasteiger charge is 2.36. The molecule has 5 heteroatoms. The van der Waals surface area contributed by atoms with Crippen LogP contribution in [0.2, 0.25) is 0 Å². The van der Waals surface area contributed by atoms with Gasteiger partial charge in [0.1, 0.15) is 0 Å². The van der Waals surface area contributed by atoms with E-state index in [1.165, 1.54) is 58.8 Å². The number of hydrogen-bond acceptors (Lipinski definition) is 4. The zero-order valence-electron chi connectivity index (χ0n) is 29.2.